The lowest BCUT2D eigenvalue weighted by Gasteiger charge is -2.20. The average Bonchev–Trinajstić information content (AvgIpc) is 2.70. The molecule has 0 atom stereocenters. The fourth-order valence-electron chi connectivity index (χ4n) is 1.77. The van der Waals surface area contributed by atoms with Crippen LogP contribution in [0.2, 0.25) is 0 Å². The number of ether oxygens (including phenoxy) is 3. The second-order valence-electron chi connectivity index (χ2n) is 5.50. The lowest BCUT2D eigenvalue weighted by molar-refractivity contribution is 0.0312. The Kier molecular flexibility index (Phi) is 4.90. The molecule has 1 aliphatic heterocycles. The zero-order valence-corrected chi connectivity index (χ0v) is 12.8. The lowest BCUT2D eigenvalue weighted by Crippen LogP contribution is -2.30. The summed E-state index contributed by atoms with van der Waals surface area (Å²) in [5, 5.41) is 3.05. The number of rotatable bonds is 4. The first-order valence-corrected chi connectivity index (χ1v) is 7.02. The molecule has 21 heavy (non-hydrogen) atoms. The Labute approximate surface area is 125 Å². The highest BCUT2D eigenvalue weighted by Gasteiger charge is 2.15. The van der Waals surface area contributed by atoms with Crippen molar-refractivity contribution in [3.05, 3.63) is 18.2 Å². The third-order valence-corrected chi connectivity index (χ3v) is 3.20. The molecular weight excluding hydrogens is 270 g/mol. The van der Waals surface area contributed by atoms with Gasteiger partial charge in [0, 0.05) is 25.3 Å². The van der Waals surface area contributed by atoms with E-state index in [1.165, 1.54) is 0 Å². The molecule has 1 aromatic rings. The second kappa shape index (κ2) is 6.67. The van der Waals surface area contributed by atoms with E-state index in [9.17, 15) is 0 Å². The number of nitrogens with zero attached hydrogens (tertiary/aromatic N) is 1. The number of methoxy groups -OCH3 is 1. The number of nitrogens with one attached hydrogen (secondary N) is 1. The van der Waals surface area contributed by atoms with Gasteiger partial charge in [-0.1, -0.05) is 0 Å². The van der Waals surface area contributed by atoms with Crippen LogP contribution >= 0.6 is 0 Å². The molecule has 1 aromatic carbocycles. The van der Waals surface area contributed by atoms with Crippen LogP contribution in [-0.2, 0) is 4.74 Å². The van der Waals surface area contributed by atoms with Gasteiger partial charge in [-0.15, -0.1) is 0 Å². The van der Waals surface area contributed by atoms with E-state index in [-0.39, 0.29) is 5.60 Å². The van der Waals surface area contributed by atoms with Crippen LogP contribution in [0.15, 0.2) is 23.2 Å². The minimum atomic E-state index is -0.336. The van der Waals surface area contributed by atoms with Crippen molar-refractivity contribution in [1.82, 2.24) is 0 Å². The standard InChI is InChI=1S/C15H23N3O3/c1-15(2,19-3)10-17-14(16)18-11-5-6-12-13(9-11)21-8-4-7-20-12/h5-6,9H,4,7-8,10H2,1-3H3,(H3,16,17,18). The van der Waals surface area contributed by atoms with E-state index in [4.69, 9.17) is 19.9 Å². The van der Waals surface area contributed by atoms with E-state index in [2.05, 4.69) is 10.3 Å². The molecule has 6 nitrogen and oxygen atoms in total. The van der Waals surface area contributed by atoms with E-state index in [0.29, 0.717) is 25.7 Å². The SMILES string of the molecule is COC(C)(C)CN=C(N)Nc1ccc2c(c1)OCCCO2. The highest BCUT2D eigenvalue weighted by molar-refractivity contribution is 5.92. The molecule has 2 rings (SSSR count). The summed E-state index contributed by atoms with van der Waals surface area (Å²) in [5.41, 5.74) is 6.37. The predicted octanol–water partition coefficient (Wildman–Crippen LogP) is 2.00. The van der Waals surface area contributed by atoms with Gasteiger partial charge in [0.15, 0.2) is 17.5 Å². The van der Waals surface area contributed by atoms with Gasteiger partial charge in [0.2, 0.25) is 0 Å². The van der Waals surface area contributed by atoms with E-state index in [0.717, 1.165) is 23.6 Å². The number of fused-ring (bicyclic) bond motifs is 1. The van der Waals surface area contributed by atoms with Gasteiger partial charge in [-0.25, -0.2) is 0 Å². The number of aliphatic imine (C=N–C) groups is 1. The van der Waals surface area contributed by atoms with Gasteiger partial charge < -0.3 is 25.3 Å². The number of nitrogens with two attached hydrogens (primary N) is 1. The molecule has 1 aliphatic rings. The summed E-state index contributed by atoms with van der Waals surface area (Å²) in [7, 11) is 1.66. The van der Waals surface area contributed by atoms with Gasteiger partial charge in [0.05, 0.1) is 25.4 Å². The highest BCUT2D eigenvalue weighted by Crippen LogP contribution is 2.32. The van der Waals surface area contributed by atoms with Crippen LogP contribution in [0.3, 0.4) is 0 Å². The molecule has 116 valence electrons. The summed E-state index contributed by atoms with van der Waals surface area (Å²) < 4.78 is 16.5. The smallest absolute Gasteiger partial charge is 0.193 e. The van der Waals surface area contributed by atoms with Gasteiger partial charge in [0.1, 0.15) is 0 Å². The van der Waals surface area contributed by atoms with Crippen molar-refractivity contribution in [2.45, 2.75) is 25.9 Å². The Balaban J connectivity index is 2.02. The zero-order chi connectivity index (χ0) is 15.3. The Morgan fingerprint density at radius 2 is 2.05 bits per heavy atom. The number of benzene rings is 1. The molecule has 0 saturated carbocycles. The lowest BCUT2D eigenvalue weighted by atomic mass is 10.1. The van der Waals surface area contributed by atoms with Crippen molar-refractivity contribution >= 4 is 11.6 Å². The monoisotopic (exact) mass is 293 g/mol. The highest BCUT2D eigenvalue weighted by atomic mass is 16.5. The molecule has 6 heteroatoms. The molecular formula is C15H23N3O3. The maximum atomic E-state index is 5.89. The normalized spacial score (nSPS) is 15.5. The first kappa shape index (κ1) is 15.4. The third kappa shape index (κ3) is 4.53. The van der Waals surface area contributed by atoms with Crippen molar-refractivity contribution in [3.63, 3.8) is 0 Å². The summed E-state index contributed by atoms with van der Waals surface area (Å²) in [6, 6.07) is 5.62. The van der Waals surface area contributed by atoms with E-state index in [1.54, 1.807) is 7.11 Å². The minimum Gasteiger partial charge on any atom is -0.490 e. The molecule has 0 radical (unpaired) electrons. The van der Waals surface area contributed by atoms with Crippen molar-refractivity contribution in [2.75, 3.05) is 32.2 Å². The predicted molar refractivity (Wildman–Crippen MR) is 83.2 cm³/mol. The Hall–Kier alpha value is -1.95. The van der Waals surface area contributed by atoms with Crippen LogP contribution < -0.4 is 20.5 Å². The Morgan fingerprint density at radius 3 is 2.76 bits per heavy atom. The topological polar surface area (TPSA) is 78.1 Å². The van der Waals surface area contributed by atoms with Gasteiger partial charge in [-0.2, -0.15) is 0 Å². The van der Waals surface area contributed by atoms with Crippen LogP contribution in [0.25, 0.3) is 0 Å². The fourth-order valence-corrected chi connectivity index (χ4v) is 1.77. The van der Waals surface area contributed by atoms with Crippen molar-refractivity contribution in [1.29, 1.82) is 0 Å². The van der Waals surface area contributed by atoms with Crippen LogP contribution in [-0.4, -0.2) is 38.4 Å². The summed E-state index contributed by atoms with van der Waals surface area (Å²) in [6.45, 7) is 5.72. The van der Waals surface area contributed by atoms with Crippen molar-refractivity contribution in [3.8, 4) is 11.5 Å². The van der Waals surface area contributed by atoms with E-state index >= 15 is 0 Å². The first-order valence-electron chi connectivity index (χ1n) is 7.02. The van der Waals surface area contributed by atoms with E-state index < -0.39 is 0 Å². The number of hydrogen-bond donors (Lipinski definition) is 2. The molecule has 0 spiro atoms. The third-order valence-electron chi connectivity index (χ3n) is 3.20. The molecule has 0 aromatic heterocycles. The maximum absolute atomic E-state index is 5.89. The Morgan fingerprint density at radius 1 is 1.33 bits per heavy atom. The summed E-state index contributed by atoms with van der Waals surface area (Å²) >= 11 is 0. The van der Waals surface area contributed by atoms with Gasteiger partial charge in [-0.3, -0.25) is 4.99 Å². The molecule has 0 aliphatic carbocycles. The van der Waals surface area contributed by atoms with Gasteiger partial charge >= 0.3 is 0 Å². The minimum absolute atomic E-state index is 0.336. The van der Waals surface area contributed by atoms with Gasteiger partial charge in [0.25, 0.3) is 0 Å². The number of hydrogen-bond acceptors (Lipinski definition) is 4. The largest absolute Gasteiger partial charge is 0.490 e. The molecule has 3 N–H and O–H groups in total. The fraction of sp³-hybridized carbons (Fsp3) is 0.533. The quantitative estimate of drug-likeness (QED) is 0.656. The van der Waals surface area contributed by atoms with E-state index in [1.807, 2.05) is 32.0 Å². The van der Waals surface area contributed by atoms with Crippen molar-refractivity contribution in [2.24, 2.45) is 10.7 Å². The van der Waals surface area contributed by atoms with Crippen molar-refractivity contribution < 1.29 is 14.2 Å². The van der Waals surface area contributed by atoms with Crippen LogP contribution in [0.5, 0.6) is 11.5 Å². The molecule has 0 amide bonds. The van der Waals surface area contributed by atoms with Crippen LogP contribution in [0, 0.1) is 0 Å². The Bertz CT molecular complexity index is 515. The summed E-state index contributed by atoms with van der Waals surface area (Å²) in [6.07, 6.45) is 0.882. The summed E-state index contributed by atoms with van der Waals surface area (Å²) in [4.78, 5) is 4.28. The zero-order valence-electron chi connectivity index (χ0n) is 12.8. The molecule has 1 heterocycles. The molecule has 0 fully saturated rings. The summed E-state index contributed by atoms with van der Waals surface area (Å²) in [5.74, 6) is 1.83. The molecule has 0 unspecified atom stereocenters. The van der Waals surface area contributed by atoms with Crippen LogP contribution in [0.4, 0.5) is 5.69 Å². The number of anilines is 1. The second-order valence-corrected chi connectivity index (χ2v) is 5.50. The molecule has 0 saturated heterocycles. The first-order chi connectivity index (χ1) is 10.00. The van der Waals surface area contributed by atoms with Crippen LogP contribution in [0.1, 0.15) is 20.3 Å². The molecule has 0 bridgehead atoms. The van der Waals surface area contributed by atoms with Gasteiger partial charge in [-0.05, 0) is 26.0 Å². The number of guanidine groups is 1. The maximum Gasteiger partial charge on any atom is 0.193 e. The average molecular weight is 293 g/mol.